The zero-order chi connectivity index (χ0) is 17.3. The van der Waals surface area contributed by atoms with Gasteiger partial charge in [0.25, 0.3) is 5.95 Å². The van der Waals surface area contributed by atoms with Crippen molar-refractivity contribution in [3.8, 4) is 5.95 Å². The zero-order valence-electron chi connectivity index (χ0n) is 14.6. The van der Waals surface area contributed by atoms with Crippen molar-refractivity contribution in [1.82, 2.24) is 24.7 Å². The molecule has 0 aliphatic carbocycles. The predicted octanol–water partition coefficient (Wildman–Crippen LogP) is 2.34. The highest BCUT2D eigenvalue weighted by Gasteiger charge is 2.13. The van der Waals surface area contributed by atoms with Crippen LogP contribution in [0.25, 0.3) is 5.95 Å². The maximum atomic E-state index is 4.53. The van der Waals surface area contributed by atoms with Gasteiger partial charge in [-0.05, 0) is 44.5 Å². The smallest absolute Gasteiger partial charge is 0.273 e. The second kappa shape index (κ2) is 6.27. The molecule has 7 nitrogen and oxygen atoms in total. The Labute approximate surface area is 141 Å². The van der Waals surface area contributed by atoms with Crippen LogP contribution in [0.15, 0.2) is 35.4 Å². The first kappa shape index (κ1) is 15.9. The Hall–Kier alpha value is -2.96. The first-order valence-electron chi connectivity index (χ1n) is 7.73. The maximum absolute atomic E-state index is 4.53. The molecule has 0 fully saturated rings. The molecular formula is C17H21N7. The van der Waals surface area contributed by atoms with E-state index in [-0.39, 0.29) is 0 Å². The Bertz CT molecular complexity index is 869. The summed E-state index contributed by atoms with van der Waals surface area (Å²) in [4.78, 5) is 2.06. The number of aryl methyl sites for hydroxylation is 3. The van der Waals surface area contributed by atoms with E-state index in [1.807, 2.05) is 53.1 Å². The van der Waals surface area contributed by atoms with E-state index >= 15 is 0 Å². The molecule has 3 aromatic rings. The quantitative estimate of drug-likeness (QED) is 0.691. The Morgan fingerprint density at radius 1 is 1.04 bits per heavy atom. The fourth-order valence-electron chi connectivity index (χ4n) is 2.43. The van der Waals surface area contributed by atoms with E-state index in [0.717, 1.165) is 22.6 Å². The number of anilines is 1. The summed E-state index contributed by atoms with van der Waals surface area (Å²) in [6.45, 7) is 5.80. The SMILES string of the molecule is Cc1cc(C)n(-c2nnc(C)n2/N=C\c2ccc(N(C)C)cc2)n1. The molecule has 0 N–H and O–H groups in total. The van der Waals surface area contributed by atoms with Crippen LogP contribution in [-0.2, 0) is 0 Å². The Kier molecular flexibility index (Phi) is 4.16. The summed E-state index contributed by atoms with van der Waals surface area (Å²) in [5, 5.41) is 17.3. The molecule has 0 bridgehead atoms. The standard InChI is InChI=1S/C17H21N7/c1-12-10-13(2)23(21-12)17-20-19-14(3)24(17)18-11-15-6-8-16(9-7-15)22(4)5/h6-11H,1-5H3/b18-11-. The molecule has 0 amide bonds. The third-order valence-electron chi connectivity index (χ3n) is 3.71. The largest absolute Gasteiger partial charge is 0.378 e. The third kappa shape index (κ3) is 3.05. The summed E-state index contributed by atoms with van der Waals surface area (Å²) in [7, 11) is 4.04. The lowest BCUT2D eigenvalue weighted by Crippen LogP contribution is -2.08. The molecular weight excluding hydrogens is 302 g/mol. The summed E-state index contributed by atoms with van der Waals surface area (Å²) in [5.74, 6) is 1.29. The number of hydrogen-bond acceptors (Lipinski definition) is 5. The maximum Gasteiger partial charge on any atom is 0.273 e. The van der Waals surface area contributed by atoms with Gasteiger partial charge < -0.3 is 4.90 Å². The van der Waals surface area contributed by atoms with Crippen molar-refractivity contribution in [2.45, 2.75) is 20.8 Å². The van der Waals surface area contributed by atoms with Gasteiger partial charge in [-0.3, -0.25) is 0 Å². The molecule has 3 rings (SSSR count). The number of rotatable bonds is 4. The number of nitrogens with zero attached hydrogens (tertiary/aromatic N) is 7. The van der Waals surface area contributed by atoms with Gasteiger partial charge in [-0.1, -0.05) is 12.1 Å². The van der Waals surface area contributed by atoms with Gasteiger partial charge in [0.05, 0.1) is 11.9 Å². The predicted molar refractivity (Wildman–Crippen MR) is 95.1 cm³/mol. The minimum absolute atomic E-state index is 0.583. The van der Waals surface area contributed by atoms with E-state index in [1.54, 1.807) is 15.6 Å². The molecule has 24 heavy (non-hydrogen) atoms. The topological polar surface area (TPSA) is 64.1 Å². The molecule has 0 spiro atoms. The van der Waals surface area contributed by atoms with Gasteiger partial charge >= 0.3 is 0 Å². The molecule has 0 aliphatic rings. The lowest BCUT2D eigenvalue weighted by Gasteiger charge is -2.11. The third-order valence-corrected chi connectivity index (χ3v) is 3.71. The van der Waals surface area contributed by atoms with Crippen molar-refractivity contribution in [2.75, 3.05) is 19.0 Å². The van der Waals surface area contributed by atoms with Crippen molar-refractivity contribution >= 4 is 11.9 Å². The van der Waals surface area contributed by atoms with E-state index in [2.05, 4.69) is 37.4 Å². The van der Waals surface area contributed by atoms with Crippen LogP contribution < -0.4 is 4.90 Å². The minimum Gasteiger partial charge on any atom is -0.378 e. The van der Waals surface area contributed by atoms with Gasteiger partial charge in [0.2, 0.25) is 0 Å². The van der Waals surface area contributed by atoms with E-state index in [0.29, 0.717) is 11.8 Å². The molecule has 7 heteroatoms. The molecule has 1 aromatic carbocycles. The lowest BCUT2D eigenvalue weighted by atomic mass is 10.2. The monoisotopic (exact) mass is 323 g/mol. The van der Waals surface area contributed by atoms with Gasteiger partial charge in [-0.15, -0.1) is 10.2 Å². The van der Waals surface area contributed by atoms with Crippen molar-refractivity contribution in [1.29, 1.82) is 0 Å². The molecule has 0 saturated carbocycles. The molecule has 2 heterocycles. The molecule has 0 radical (unpaired) electrons. The summed E-state index contributed by atoms with van der Waals surface area (Å²) in [6, 6.07) is 10.2. The highest BCUT2D eigenvalue weighted by atomic mass is 15.5. The molecule has 0 unspecified atom stereocenters. The van der Waals surface area contributed by atoms with E-state index in [1.165, 1.54) is 0 Å². The Morgan fingerprint density at radius 2 is 1.75 bits per heavy atom. The van der Waals surface area contributed by atoms with Crippen LogP contribution in [0, 0.1) is 20.8 Å². The van der Waals surface area contributed by atoms with Gasteiger partial charge in [-0.25, -0.2) is 4.68 Å². The van der Waals surface area contributed by atoms with E-state index in [4.69, 9.17) is 0 Å². The Morgan fingerprint density at radius 3 is 2.33 bits per heavy atom. The fourth-order valence-corrected chi connectivity index (χ4v) is 2.43. The summed E-state index contributed by atoms with van der Waals surface area (Å²) >= 11 is 0. The molecule has 2 aromatic heterocycles. The average Bonchev–Trinajstić information content (AvgIpc) is 3.07. The van der Waals surface area contributed by atoms with Crippen LogP contribution in [0.2, 0.25) is 0 Å². The van der Waals surface area contributed by atoms with Crippen molar-refractivity contribution in [3.63, 3.8) is 0 Å². The normalized spacial score (nSPS) is 11.4. The average molecular weight is 323 g/mol. The first-order valence-corrected chi connectivity index (χ1v) is 7.73. The molecule has 0 aliphatic heterocycles. The van der Waals surface area contributed by atoms with Crippen molar-refractivity contribution < 1.29 is 0 Å². The van der Waals surface area contributed by atoms with E-state index < -0.39 is 0 Å². The van der Waals surface area contributed by atoms with E-state index in [9.17, 15) is 0 Å². The van der Waals surface area contributed by atoms with Gasteiger partial charge in [0, 0.05) is 25.5 Å². The number of aromatic nitrogens is 5. The van der Waals surface area contributed by atoms with Gasteiger partial charge in [-0.2, -0.15) is 14.9 Å². The second-order valence-corrected chi connectivity index (χ2v) is 5.93. The first-order chi connectivity index (χ1) is 11.5. The minimum atomic E-state index is 0.583. The number of benzene rings is 1. The van der Waals surface area contributed by atoms with Gasteiger partial charge in [0.15, 0.2) is 5.82 Å². The van der Waals surface area contributed by atoms with Crippen LogP contribution in [-0.4, -0.2) is 45.0 Å². The second-order valence-electron chi connectivity index (χ2n) is 5.93. The summed E-state index contributed by atoms with van der Waals surface area (Å²) in [6.07, 6.45) is 1.80. The van der Waals surface area contributed by atoms with Crippen molar-refractivity contribution in [2.24, 2.45) is 5.10 Å². The summed E-state index contributed by atoms with van der Waals surface area (Å²) < 4.78 is 3.45. The fraction of sp³-hybridized carbons (Fsp3) is 0.294. The van der Waals surface area contributed by atoms with Gasteiger partial charge in [0.1, 0.15) is 0 Å². The van der Waals surface area contributed by atoms with Crippen LogP contribution >= 0.6 is 0 Å². The van der Waals surface area contributed by atoms with Crippen LogP contribution in [0.1, 0.15) is 22.8 Å². The number of hydrogen-bond donors (Lipinski definition) is 0. The van der Waals surface area contributed by atoms with Crippen LogP contribution in [0.5, 0.6) is 0 Å². The molecule has 0 saturated heterocycles. The highest BCUT2D eigenvalue weighted by molar-refractivity contribution is 5.80. The highest BCUT2D eigenvalue weighted by Crippen LogP contribution is 2.13. The summed E-state index contributed by atoms with van der Waals surface area (Å²) in [5.41, 5.74) is 4.08. The lowest BCUT2D eigenvalue weighted by molar-refractivity contribution is 0.708. The molecule has 124 valence electrons. The van der Waals surface area contributed by atoms with Crippen LogP contribution in [0.3, 0.4) is 0 Å². The van der Waals surface area contributed by atoms with Crippen molar-refractivity contribution in [3.05, 3.63) is 53.1 Å². The zero-order valence-corrected chi connectivity index (χ0v) is 14.6. The van der Waals surface area contributed by atoms with Crippen LogP contribution in [0.4, 0.5) is 5.69 Å². The molecule has 0 atom stereocenters. The Balaban J connectivity index is 1.93.